The van der Waals surface area contributed by atoms with E-state index in [-0.39, 0.29) is 0 Å². The Morgan fingerprint density at radius 1 is 1.12 bits per heavy atom. The van der Waals surface area contributed by atoms with Crippen LogP contribution in [0.2, 0.25) is 0 Å². The summed E-state index contributed by atoms with van der Waals surface area (Å²) < 4.78 is 0. The molecule has 0 aliphatic heterocycles. The molecule has 1 N–H and O–H groups in total. The molecule has 0 unspecified atom stereocenters. The SMILES string of the molecule is CCNc1nc(C(C)C)nc(CC(C)C)c1C. The molecule has 17 heavy (non-hydrogen) atoms. The fourth-order valence-corrected chi connectivity index (χ4v) is 1.77. The van der Waals surface area contributed by atoms with Crippen LogP contribution in [0.4, 0.5) is 5.82 Å². The van der Waals surface area contributed by atoms with Crippen LogP contribution in [-0.2, 0) is 6.42 Å². The molecule has 0 aromatic carbocycles. The zero-order valence-corrected chi connectivity index (χ0v) is 12.0. The molecule has 1 aromatic heterocycles. The maximum absolute atomic E-state index is 4.70. The smallest absolute Gasteiger partial charge is 0.133 e. The van der Waals surface area contributed by atoms with Crippen LogP contribution in [0, 0.1) is 12.8 Å². The van der Waals surface area contributed by atoms with Crippen LogP contribution in [0.15, 0.2) is 0 Å². The standard InChI is InChI=1S/C14H25N3/c1-7-15-14-11(6)12(8-9(2)3)16-13(17-14)10(4)5/h9-10H,7-8H2,1-6H3,(H,15,16,17). The van der Waals surface area contributed by atoms with Crippen molar-refractivity contribution in [2.24, 2.45) is 5.92 Å². The second-order valence-electron chi connectivity index (χ2n) is 5.29. The topological polar surface area (TPSA) is 37.8 Å². The first-order chi connectivity index (χ1) is 7.95. The molecule has 0 radical (unpaired) electrons. The number of hydrogen-bond acceptors (Lipinski definition) is 3. The number of nitrogens with one attached hydrogen (secondary N) is 1. The van der Waals surface area contributed by atoms with Crippen LogP contribution in [-0.4, -0.2) is 16.5 Å². The van der Waals surface area contributed by atoms with Crippen molar-refractivity contribution in [2.75, 3.05) is 11.9 Å². The maximum Gasteiger partial charge on any atom is 0.133 e. The number of rotatable bonds is 5. The lowest BCUT2D eigenvalue weighted by Gasteiger charge is -2.15. The molecule has 3 heteroatoms. The summed E-state index contributed by atoms with van der Waals surface area (Å²) in [6, 6.07) is 0. The van der Waals surface area contributed by atoms with Gasteiger partial charge in [0.1, 0.15) is 11.6 Å². The van der Waals surface area contributed by atoms with Crippen LogP contribution in [0.3, 0.4) is 0 Å². The lowest BCUT2D eigenvalue weighted by atomic mass is 10.0. The van der Waals surface area contributed by atoms with Crippen molar-refractivity contribution in [2.45, 2.75) is 53.9 Å². The summed E-state index contributed by atoms with van der Waals surface area (Å²) in [6.07, 6.45) is 1.02. The Labute approximate surface area is 105 Å². The van der Waals surface area contributed by atoms with Gasteiger partial charge in [-0.15, -0.1) is 0 Å². The lowest BCUT2D eigenvalue weighted by Crippen LogP contribution is -2.12. The normalized spacial score (nSPS) is 11.3. The number of hydrogen-bond donors (Lipinski definition) is 1. The molecule has 0 spiro atoms. The molecule has 0 bridgehead atoms. The third kappa shape index (κ3) is 3.69. The molecule has 0 saturated heterocycles. The Morgan fingerprint density at radius 2 is 1.76 bits per heavy atom. The summed E-state index contributed by atoms with van der Waals surface area (Å²) in [5.41, 5.74) is 2.39. The zero-order chi connectivity index (χ0) is 13.0. The molecule has 0 atom stereocenters. The monoisotopic (exact) mass is 235 g/mol. The van der Waals surface area contributed by atoms with E-state index >= 15 is 0 Å². The van der Waals surface area contributed by atoms with Gasteiger partial charge in [0.15, 0.2) is 0 Å². The van der Waals surface area contributed by atoms with Gasteiger partial charge in [-0.3, -0.25) is 0 Å². The molecule has 0 aliphatic rings. The van der Waals surface area contributed by atoms with Gasteiger partial charge in [0.25, 0.3) is 0 Å². The summed E-state index contributed by atoms with van der Waals surface area (Å²) in [5, 5.41) is 3.33. The van der Waals surface area contributed by atoms with E-state index < -0.39 is 0 Å². The van der Waals surface area contributed by atoms with Crippen molar-refractivity contribution in [3.8, 4) is 0 Å². The van der Waals surface area contributed by atoms with Crippen molar-refractivity contribution in [1.82, 2.24) is 9.97 Å². The fourth-order valence-electron chi connectivity index (χ4n) is 1.77. The average molecular weight is 235 g/mol. The van der Waals surface area contributed by atoms with E-state index in [0.29, 0.717) is 11.8 Å². The van der Waals surface area contributed by atoms with E-state index in [1.165, 1.54) is 11.3 Å². The lowest BCUT2D eigenvalue weighted by molar-refractivity contribution is 0.622. The molecule has 0 fully saturated rings. The largest absolute Gasteiger partial charge is 0.370 e. The molecular formula is C14H25N3. The number of nitrogens with zero attached hydrogens (tertiary/aromatic N) is 2. The molecule has 0 aliphatic carbocycles. The molecule has 1 rings (SSSR count). The fraction of sp³-hybridized carbons (Fsp3) is 0.714. The molecule has 0 amide bonds. The minimum atomic E-state index is 0.374. The highest BCUT2D eigenvalue weighted by molar-refractivity contribution is 5.46. The second kappa shape index (κ2) is 5.99. The quantitative estimate of drug-likeness (QED) is 0.848. The van der Waals surface area contributed by atoms with Gasteiger partial charge in [-0.05, 0) is 26.2 Å². The highest BCUT2D eigenvalue weighted by Gasteiger charge is 2.13. The van der Waals surface area contributed by atoms with E-state index in [1.54, 1.807) is 0 Å². The van der Waals surface area contributed by atoms with Crippen molar-refractivity contribution in [3.63, 3.8) is 0 Å². The van der Waals surface area contributed by atoms with Crippen LogP contribution in [0.1, 0.15) is 57.6 Å². The first-order valence-corrected chi connectivity index (χ1v) is 6.56. The second-order valence-corrected chi connectivity index (χ2v) is 5.29. The molecule has 1 aromatic rings. The number of anilines is 1. The molecule has 0 saturated carbocycles. The Morgan fingerprint density at radius 3 is 2.24 bits per heavy atom. The Balaban J connectivity index is 3.17. The zero-order valence-electron chi connectivity index (χ0n) is 12.0. The Hall–Kier alpha value is -1.12. The third-order valence-electron chi connectivity index (χ3n) is 2.73. The van der Waals surface area contributed by atoms with Crippen molar-refractivity contribution >= 4 is 5.82 Å². The minimum Gasteiger partial charge on any atom is -0.370 e. The molecule has 3 nitrogen and oxygen atoms in total. The predicted octanol–water partition coefficient (Wildman–Crippen LogP) is 3.54. The van der Waals surface area contributed by atoms with Gasteiger partial charge in [-0.2, -0.15) is 0 Å². The molecule has 96 valence electrons. The third-order valence-corrected chi connectivity index (χ3v) is 2.73. The summed E-state index contributed by atoms with van der Waals surface area (Å²) in [6.45, 7) is 13.8. The van der Waals surface area contributed by atoms with E-state index in [0.717, 1.165) is 24.6 Å². The predicted molar refractivity (Wildman–Crippen MR) is 73.6 cm³/mol. The van der Waals surface area contributed by atoms with Crippen LogP contribution in [0.5, 0.6) is 0 Å². The summed E-state index contributed by atoms with van der Waals surface area (Å²) in [5.74, 6) is 2.95. The number of aromatic nitrogens is 2. The summed E-state index contributed by atoms with van der Waals surface area (Å²) >= 11 is 0. The van der Waals surface area contributed by atoms with Crippen LogP contribution in [0.25, 0.3) is 0 Å². The van der Waals surface area contributed by atoms with E-state index in [1.807, 2.05) is 0 Å². The van der Waals surface area contributed by atoms with Gasteiger partial charge in [-0.25, -0.2) is 9.97 Å². The van der Waals surface area contributed by atoms with Crippen molar-refractivity contribution < 1.29 is 0 Å². The van der Waals surface area contributed by atoms with Gasteiger partial charge in [0, 0.05) is 23.7 Å². The van der Waals surface area contributed by atoms with Gasteiger partial charge >= 0.3 is 0 Å². The highest BCUT2D eigenvalue weighted by atomic mass is 15.0. The molecular weight excluding hydrogens is 210 g/mol. The summed E-state index contributed by atoms with van der Waals surface area (Å²) in [7, 11) is 0. The average Bonchev–Trinajstić information content (AvgIpc) is 2.23. The van der Waals surface area contributed by atoms with Crippen LogP contribution >= 0.6 is 0 Å². The molecule has 1 heterocycles. The van der Waals surface area contributed by atoms with Gasteiger partial charge in [-0.1, -0.05) is 27.7 Å². The van der Waals surface area contributed by atoms with E-state index in [4.69, 9.17) is 4.98 Å². The maximum atomic E-state index is 4.70. The van der Waals surface area contributed by atoms with Gasteiger partial charge in [0.05, 0.1) is 0 Å². The van der Waals surface area contributed by atoms with Gasteiger partial charge in [0.2, 0.25) is 0 Å². The Kier molecular flexibility index (Phi) is 4.91. The van der Waals surface area contributed by atoms with E-state index in [2.05, 4.69) is 51.8 Å². The first kappa shape index (κ1) is 13.9. The Bertz CT molecular complexity index is 370. The first-order valence-electron chi connectivity index (χ1n) is 6.56. The highest BCUT2D eigenvalue weighted by Crippen LogP contribution is 2.21. The van der Waals surface area contributed by atoms with E-state index in [9.17, 15) is 0 Å². The van der Waals surface area contributed by atoms with Crippen molar-refractivity contribution in [3.05, 3.63) is 17.1 Å². The van der Waals surface area contributed by atoms with Crippen molar-refractivity contribution in [1.29, 1.82) is 0 Å². The van der Waals surface area contributed by atoms with Gasteiger partial charge < -0.3 is 5.32 Å². The summed E-state index contributed by atoms with van der Waals surface area (Å²) in [4.78, 5) is 9.31. The minimum absolute atomic E-state index is 0.374. The van der Waals surface area contributed by atoms with Crippen LogP contribution < -0.4 is 5.32 Å².